The highest BCUT2D eigenvalue weighted by molar-refractivity contribution is 8.01. The van der Waals surface area contributed by atoms with Crippen LogP contribution in [0.25, 0.3) is 0 Å². The Balaban J connectivity index is 1.87. The molecule has 2 rings (SSSR count). The molecule has 0 aliphatic rings. The molecule has 6 nitrogen and oxygen atoms in total. The summed E-state index contributed by atoms with van der Waals surface area (Å²) in [5, 5.41) is 5.93. The lowest BCUT2D eigenvalue weighted by Gasteiger charge is -2.13. The van der Waals surface area contributed by atoms with Gasteiger partial charge in [0.1, 0.15) is 11.5 Å². The first-order chi connectivity index (χ1) is 11.8. The number of carbonyl (C=O) groups is 2. The van der Waals surface area contributed by atoms with Gasteiger partial charge in [-0.05, 0) is 51.3 Å². The average molecular weight is 362 g/mol. The summed E-state index contributed by atoms with van der Waals surface area (Å²) in [6, 6.07) is 5.55. The monoisotopic (exact) mass is 362 g/mol. The molecule has 1 aromatic carbocycles. The number of hydrogen-bond acceptors (Lipinski definition) is 6. The third kappa shape index (κ3) is 5.09. The SMILES string of the molecule is Cc1cc(NC(=O)C(C)SCC(=O)Oc2c(C)ccc(C)c2C)no1. The van der Waals surface area contributed by atoms with Crippen LogP contribution in [0.5, 0.6) is 5.75 Å². The van der Waals surface area contributed by atoms with E-state index in [4.69, 9.17) is 9.26 Å². The van der Waals surface area contributed by atoms with Crippen molar-refractivity contribution in [3.8, 4) is 5.75 Å². The zero-order valence-electron chi connectivity index (χ0n) is 15.0. The molecular formula is C18H22N2O4S. The van der Waals surface area contributed by atoms with Gasteiger partial charge in [-0.2, -0.15) is 0 Å². The highest BCUT2D eigenvalue weighted by atomic mass is 32.2. The molecule has 1 amide bonds. The number of amides is 1. The largest absolute Gasteiger partial charge is 0.425 e. The summed E-state index contributed by atoms with van der Waals surface area (Å²) in [6.07, 6.45) is 0. The summed E-state index contributed by atoms with van der Waals surface area (Å²) in [5.74, 6) is 1.04. The fraction of sp³-hybridized carbons (Fsp3) is 0.389. The van der Waals surface area contributed by atoms with Gasteiger partial charge in [0.05, 0.1) is 11.0 Å². The summed E-state index contributed by atoms with van der Waals surface area (Å²) < 4.78 is 10.4. The fourth-order valence-electron chi connectivity index (χ4n) is 2.15. The van der Waals surface area contributed by atoms with Gasteiger partial charge in [0.2, 0.25) is 5.91 Å². The molecular weight excluding hydrogens is 340 g/mol. The van der Waals surface area contributed by atoms with Crippen molar-refractivity contribution in [3.63, 3.8) is 0 Å². The molecule has 1 atom stereocenters. The number of carbonyl (C=O) groups excluding carboxylic acids is 2. The Hall–Kier alpha value is -2.28. The third-order valence-corrected chi connectivity index (χ3v) is 4.91. The molecule has 7 heteroatoms. The van der Waals surface area contributed by atoms with Crippen LogP contribution >= 0.6 is 11.8 Å². The van der Waals surface area contributed by atoms with Crippen LogP contribution < -0.4 is 10.1 Å². The molecule has 0 aliphatic heterocycles. The number of esters is 1. The third-order valence-electron chi connectivity index (χ3n) is 3.79. The van der Waals surface area contributed by atoms with Crippen molar-refractivity contribution in [3.05, 3.63) is 40.6 Å². The smallest absolute Gasteiger partial charge is 0.321 e. The lowest BCUT2D eigenvalue weighted by Crippen LogP contribution is -2.24. The van der Waals surface area contributed by atoms with E-state index in [1.807, 2.05) is 32.9 Å². The molecule has 2 aromatic rings. The Morgan fingerprint density at radius 3 is 2.56 bits per heavy atom. The Labute approximate surface area is 151 Å². The molecule has 25 heavy (non-hydrogen) atoms. The van der Waals surface area contributed by atoms with Gasteiger partial charge in [-0.3, -0.25) is 9.59 Å². The van der Waals surface area contributed by atoms with E-state index < -0.39 is 5.25 Å². The van der Waals surface area contributed by atoms with Crippen LogP contribution in [0, 0.1) is 27.7 Å². The van der Waals surface area contributed by atoms with Crippen molar-refractivity contribution in [1.29, 1.82) is 0 Å². The molecule has 0 radical (unpaired) electrons. The Morgan fingerprint density at radius 2 is 1.92 bits per heavy atom. The maximum atomic E-state index is 12.1. The minimum Gasteiger partial charge on any atom is -0.425 e. The quantitative estimate of drug-likeness (QED) is 0.625. The van der Waals surface area contributed by atoms with Gasteiger partial charge in [-0.15, -0.1) is 11.8 Å². The van der Waals surface area contributed by atoms with Crippen LogP contribution in [0.15, 0.2) is 22.7 Å². The normalized spacial score (nSPS) is 11.9. The van der Waals surface area contributed by atoms with Gasteiger partial charge >= 0.3 is 5.97 Å². The number of nitrogens with one attached hydrogen (secondary N) is 1. The van der Waals surface area contributed by atoms with Crippen molar-refractivity contribution in [1.82, 2.24) is 5.16 Å². The van der Waals surface area contributed by atoms with E-state index in [-0.39, 0.29) is 17.6 Å². The predicted molar refractivity (Wildman–Crippen MR) is 98.1 cm³/mol. The Morgan fingerprint density at radius 1 is 1.24 bits per heavy atom. The number of rotatable bonds is 6. The van der Waals surface area contributed by atoms with Crippen LogP contribution in [0.1, 0.15) is 29.4 Å². The van der Waals surface area contributed by atoms with Crippen molar-refractivity contribution in [2.24, 2.45) is 0 Å². The molecule has 0 spiro atoms. The minimum atomic E-state index is -0.427. The number of aromatic nitrogens is 1. The van der Waals surface area contributed by atoms with Gasteiger partial charge in [0.15, 0.2) is 5.82 Å². The molecule has 0 fully saturated rings. The van der Waals surface area contributed by atoms with E-state index in [1.165, 1.54) is 11.8 Å². The Bertz CT molecular complexity index is 785. The molecule has 0 aliphatic carbocycles. The molecule has 0 bridgehead atoms. The summed E-state index contributed by atoms with van der Waals surface area (Å²) >= 11 is 1.21. The summed E-state index contributed by atoms with van der Waals surface area (Å²) in [6.45, 7) is 9.26. The first kappa shape index (κ1) is 19.1. The average Bonchev–Trinajstić information content (AvgIpc) is 2.97. The lowest BCUT2D eigenvalue weighted by molar-refractivity contribution is -0.131. The molecule has 1 heterocycles. The number of aryl methyl sites for hydroxylation is 3. The van der Waals surface area contributed by atoms with Gasteiger partial charge in [-0.1, -0.05) is 17.3 Å². The van der Waals surface area contributed by atoms with Gasteiger partial charge in [0, 0.05) is 6.07 Å². The van der Waals surface area contributed by atoms with Crippen LogP contribution in [-0.2, 0) is 9.59 Å². The zero-order chi connectivity index (χ0) is 18.6. The van der Waals surface area contributed by atoms with E-state index in [0.29, 0.717) is 17.3 Å². The van der Waals surface area contributed by atoms with Gasteiger partial charge < -0.3 is 14.6 Å². The molecule has 0 saturated carbocycles. The maximum Gasteiger partial charge on any atom is 0.321 e. The van der Waals surface area contributed by atoms with E-state index >= 15 is 0 Å². The van der Waals surface area contributed by atoms with E-state index in [9.17, 15) is 9.59 Å². The number of hydrogen-bond donors (Lipinski definition) is 1. The summed E-state index contributed by atoms with van der Waals surface area (Å²) in [4.78, 5) is 24.2. The fourth-order valence-corrected chi connectivity index (χ4v) is 2.80. The van der Waals surface area contributed by atoms with Crippen LogP contribution in [-0.4, -0.2) is 28.0 Å². The van der Waals surface area contributed by atoms with Crippen molar-refractivity contribution < 1.29 is 18.8 Å². The van der Waals surface area contributed by atoms with E-state index in [1.54, 1.807) is 19.9 Å². The topological polar surface area (TPSA) is 81.4 Å². The highest BCUT2D eigenvalue weighted by Crippen LogP contribution is 2.26. The molecule has 0 saturated heterocycles. The van der Waals surface area contributed by atoms with E-state index in [2.05, 4.69) is 10.5 Å². The first-order valence-corrected chi connectivity index (χ1v) is 8.96. The molecule has 1 aromatic heterocycles. The van der Waals surface area contributed by atoms with Crippen molar-refractivity contribution >= 4 is 29.5 Å². The number of benzene rings is 1. The van der Waals surface area contributed by atoms with Gasteiger partial charge in [0.25, 0.3) is 0 Å². The van der Waals surface area contributed by atoms with Crippen molar-refractivity contribution in [2.45, 2.75) is 39.9 Å². The van der Waals surface area contributed by atoms with Crippen LogP contribution in [0.2, 0.25) is 0 Å². The maximum absolute atomic E-state index is 12.1. The van der Waals surface area contributed by atoms with Crippen LogP contribution in [0.3, 0.4) is 0 Å². The van der Waals surface area contributed by atoms with Crippen LogP contribution in [0.4, 0.5) is 5.82 Å². The zero-order valence-corrected chi connectivity index (χ0v) is 15.8. The minimum absolute atomic E-state index is 0.0826. The van der Waals surface area contributed by atoms with Gasteiger partial charge in [-0.25, -0.2) is 0 Å². The molecule has 134 valence electrons. The summed E-state index contributed by atoms with van der Waals surface area (Å²) in [5.41, 5.74) is 2.93. The standard InChI is InChI=1S/C18H22N2O4S/c1-10-6-7-11(2)17(13(10)4)23-16(21)9-25-14(5)18(22)19-15-8-12(3)24-20-15/h6-8,14H,9H2,1-5H3,(H,19,20,22). The van der Waals surface area contributed by atoms with E-state index in [0.717, 1.165) is 16.7 Å². The molecule has 1 N–H and O–H groups in total. The summed E-state index contributed by atoms with van der Waals surface area (Å²) in [7, 11) is 0. The second-order valence-electron chi connectivity index (χ2n) is 5.89. The first-order valence-electron chi connectivity index (χ1n) is 7.91. The highest BCUT2D eigenvalue weighted by Gasteiger charge is 2.18. The lowest BCUT2D eigenvalue weighted by atomic mass is 10.1. The molecule has 1 unspecified atom stereocenters. The number of ether oxygens (including phenoxy) is 1. The predicted octanol–water partition coefficient (Wildman–Crippen LogP) is 3.57. The number of thioether (sulfide) groups is 1. The Kier molecular flexibility index (Phi) is 6.25. The number of anilines is 1. The van der Waals surface area contributed by atoms with Crippen molar-refractivity contribution in [2.75, 3.05) is 11.1 Å². The second kappa shape index (κ2) is 8.20. The number of nitrogens with zero attached hydrogens (tertiary/aromatic N) is 1. The second-order valence-corrected chi connectivity index (χ2v) is 7.22.